The third-order valence-electron chi connectivity index (χ3n) is 6.81. The summed E-state index contributed by atoms with van der Waals surface area (Å²) in [6.07, 6.45) is 1.77. The first-order valence-corrected chi connectivity index (χ1v) is 12.4. The molecule has 4 amide bonds. The number of fused-ring (bicyclic) bond motifs is 3. The van der Waals surface area contributed by atoms with Crippen LogP contribution >= 0.6 is 15.9 Å². The molecule has 0 radical (unpaired) electrons. The van der Waals surface area contributed by atoms with Gasteiger partial charge in [0.15, 0.2) is 5.69 Å². The van der Waals surface area contributed by atoms with Crippen molar-refractivity contribution in [1.82, 2.24) is 19.7 Å². The number of rotatable bonds is 6. The molecule has 0 unspecified atom stereocenters. The number of hydrogen-bond donors (Lipinski definition) is 3. The number of likely N-dealkylation sites (tertiary alicyclic amines) is 1. The van der Waals surface area contributed by atoms with Gasteiger partial charge in [-0.15, -0.1) is 0 Å². The lowest BCUT2D eigenvalue weighted by Crippen LogP contribution is -2.52. The number of methoxy groups -OCH3 is 1. The highest BCUT2D eigenvalue weighted by atomic mass is 79.9. The van der Waals surface area contributed by atoms with E-state index >= 15 is 0 Å². The molecule has 1 aliphatic carbocycles. The molecule has 1 saturated carbocycles. The number of halogens is 1. The lowest BCUT2D eigenvalue weighted by Gasteiger charge is -2.34. The van der Waals surface area contributed by atoms with Crippen molar-refractivity contribution in [2.45, 2.75) is 37.9 Å². The second kappa shape index (κ2) is 9.81. The van der Waals surface area contributed by atoms with Crippen molar-refractivity contribution in [1.29, 1.82) is 0 Å². The van der Waals surface area contributed by atoms with Crippen LogP contribution < -0.4 is 16.4 Å². The number of nitrogens with two attached hydrogens (primary N) is 1. The van der Waals surface area contributed by atoms with E-state index < -0.39 is 18.0 Å². The molecule has 2 fully saturated rings. The Bertz CT molecular complexity index is 1420. The molecule has 12 nitrogen and oxygen atoms in total. The van der Waals surface area contributed by atoms with Gasteiger partial charge in [-0.3, -0.25) is 24.4 Å². The van der Waals surface area contributed by atoms with Crippen molar-refractivity contribution < 1.29 is 23.9 Å². The van der Waals surface area contributed by atoms with Crippen molar-refractivity contribution in [3.8, 4) is 0 Å². The Balaban J connectivity index is 1.41. The second-order valence-electron chi connectivity index (χ2n) is 9.03. The second-order valence-corrected chi connectivity index (χ2v) is 9.84. The van der Waals surface area contributed by atoms with Gasteiger partial charge in [-0.05, 0) is 71.4 Å². The van der Waals surface area contributed by atoms with Crippen LogP contribution in [-0.4, -0.2) is 62.7 Å². The summed E-state index contributed by atoms with van der Waals surface area (Å²) in [7, 11) is 1.24. The maximum atomic E-state index is 13.6. The summed E-state index contributed by atoms with van der Waals surface area (Å²) in [5.74, 6) is -0.885. The first-order chi connectivity index (χ1) is 17.7. The molecule has 2 aliphatic rings. The average molecular weight is 570 g/mol. The van der Waals surface area contributed by atoms with Gasteiger partial charge in [0, 0.05) is 17.1 Å². The standard InChI is InChI=1S/C24H24BrN7O5/c1-37-24(36)27-13-6-8-16-15(10-13)20(22(26)34)30-31(16)11-19(33)32-14-7-5-12(9-14)21(32)23(35)29-18-4-2-3-17(25)28-18/h2-4,6,8,10,12,14,21H,5,7,9,11H2,1H3,(H2,26,34)(H,27,36)(H,28,29,35)/t12-,14+,21-/m0/s1. The number of primary amides is 1. The number of nitrogens with one attached hydrogen (secondary N) is 2. The zero-order valence-electron chi connectivity index (χ0n) is 19.8. The van der Waals surface area contributed by atoms with E-state index in [1.54, 1.807) is 41.3 Å². The summed E-state index contributed by atoms with van der Waals surface area (Å²) < 4.78 is 6.59. The summed E-state index contributed by atoms with van der Waals surface area (Å²) in [5, 5.41) is 10.0. The maximum Gasteiger partial charge on any atom is 0.411 e. The first-order valence-electron chi connectivity index (χ1n) is 11.6. The van der Waals surface area contributed by atoms with Gasteiger partial charge in [-0.1, -0.05) is 6.07 Å². The Kier molecular flexibility index (Phi) is 6.54. The number of pyridine rings is 1. The van der Waals surface area contributed by atoms with Crippen LogP contribution in [0, 0.1) is 5.92 Å². The molecule has 5 rings (SSSR count). The summed E-state index contributed by atoms with van der Waals surface area (Å²) in [5.41, 5.74) is 6.37. The lowest BCUT2D eigenvalue weighted by atomic mass is 9.97. The van der Waals surface area contributed by atoms with Gasteiger partial charge in [0.1, 0.15) is 23.0 Å². The Morgan fingerprint density at radius 2 is 1.97 bits per heavy atom. The van der Waals surface area contributed by atoms with E-state index in [1.165, 1.54) is 11.8 Å². The molecule has 192 valence electrons. The molecule has 3 aromatic rings. The molecular formula is C24H24BrN7O5. The number of anilines is 2. The van der Waals surface area contributed by atoms with Gasteiger partial charge >= 0.3 is 6.09 Å². The van der Waals surface area contributed by atoms with E-state index in [0.717, 1.165) is 19.3 Å². The molecule has 3 atom stereocenters. The molecular weight excluding hydrogens is 546 g/mol. The number of aromatic nitrogens is 3. The third-order valence-corrected chi connectivity index (χ3v) is 7.25. The van der Waals surface area contributed by atoms with Gasteiger partial charge in [-0.2, -0.15) is 5.10 Å². The van der Waals surface area contributed by atoms with Gasteiger partial charge in [0.2, 0.25) is 11.8 Å². The molecule has 37 heavy (non-hydrogen) atoms. The van der Waals surface area contributed by atoms with E-state index in [9.17, 15) is 19.2 Å². The minimum atomic E-state index is -0.773. The molecule has 1 aliphatic heterocycles. The molecule has 1 saturated heterocycles. The summed E-state index contributed by atoms with van der Waals surface area (Å²) in [6.45, 7) is -0.185. The van der Waals surface area contributed by atoms with Crippen LogP contribution in [-0.2, 0) is 20.9 Å². The number of ether oxygens (including phenoxy) is 1. The van der Waals surface area contributed by atoms with Crippen molar-refractivity contribution in [3.05, 3.63) is 46.7 Å². The van der Waals surface area contributed by atoms with Crippen molar-refractivity contribution in [2.24, 2.45) is 11.7 Å². The molecule has 4 N–H and O–H groups in total. The van der Waals surface area contributed by atoms with Gasteiger partial charge in [0.25, 0.3) is 5.91 Å². The molecule has 1 aromatic carbocycles. The van der Waals surface area contributed by atoms with E-state index in [0.29, 0.717) is 27.0 Å². The first kappa shape index (κ1) is 24.7. The van der Waals surface area contributed by atoms with Crippen LogP contribution in [0.2, 0.25) is 0 Å². The summed E-state index contributed by atoms with van der Waals surface area (Å²) in [4.78, 5) is 56.4. The Hall–Kier alpha value is -4.00. The number of carbonyl (C=O) groups excluding carboxylic acids is 4. The number of nitrogens with zero attached hydrogens (tertiary/aromatic N) is 4. The average Bonchev–Trinajstić information content (AvgIpc) is 3.57. The Morgan fingerprint density at radius 3 is 2.70 bits per heavy atom. The van der Waals surface area contributed by atoms with Crippen LogP contribution in [0.1, 0.15) is 29.8 Å². The third kappa shape index (κ3) is 4.73. The molecule has 2 bridgehead atoms. The van der Waals surface area contributed by atoms with E-state index in [2.05, 4.69) is 41.4 Å². The maximum absolute atomic E-state index is 13.6. The topological polar surface area (TPSA) is 162 Å². The number of amides is 4. The Morgan fingerprint density at radius 1 is 1.16 bits per heavy atom. The highest BCUT2D eigenvalue weighted by molar-refractivity contribution is 9.10. The van der Waals surface area contributed by atoms with Crippen LogP contribution in [0.4, 0.5) is 16.3 Å². The summed E-state index contributed by atoms with van der Waals surface area (Å²) in [6, 6.07) is 9.32. The quantitative estimate of drug-likeness (QED) is 0.384. The SMILES string of the molecule is COC(=O)Nc1ccc2c(c1)c(C(N)=O)nn2CC(=O)N1[C@@H]2CC[C@@H](C2)[C@H]1C(=O)Nc1cccc(Br)n1. The largest absolute Gasteiger partial charge is 0.453 e. The molecule has 2 aromatic heterocycles. The number of piperidine rings is 1. The fourth-order valence-electron chi connectivity index (χ4n) is 5.30. The summed E-state index contributed by atoms with van der Waals surface area (Å²) >= 11 is 3.30. The van der Waals surface area contributed by atoms with Crippen LogP contribution in [0.15, 0.2) is 41.0 Å². The monoisotopic (exact) mass is 569 g/mol. The number of hydrogen-bond acceptors (Lipinski definition) is 7. The van der Waals surface area contributed by atoms with E-state index in [4.69, 9.17) is 5.73 Å². The Labute approximate surface area is 219 Å². The minimum absolute atomic E-state index is 0.0331. The van der Waals surface area contributed by atoms with Crippen molar-refractivity contribution in [3.63, 3.8) is 0 Å². The zero-order chi connectivity index (χ0) is 26.3. The van der Waals surface area contributed by atoms with Crippen molar-refractivity contribution in [2.75, 3.05) is 17.7 Å². The number of carbonyl (C=O) groups is 4. The van der Waals surface area contributed by atoms with Crippen molar-refractivity contribution >= 4 is 62.2 Å². The van der Waals surface area contributed by atoms with Gasteiger partial charge in [0.05, 0.1) is 12.6 Å². The highest BCUT2D eigenvalue weighted by Gasteiger charge is 2.51. The minimum Gasteiger partial charge on any atom is -0.453 e. The molecule has 0 spiro atoms. The normalized spacial score (nSPS) is 20.2. The molecule has 13 heteroatoms. The van der Waals surface area contributed by atoms with Gasteiger partial charge < -0.3 is 20.7 Å². The van der Waals surface area contributed by atoms with Crippen LogP contribution in [0.5, 0.6) is 0 Å². The van der Waals surface area contributed by atoms with E-state index in [-0.39, 0.29) is 36.0 Å². The zero-order valence-corrected chi connectivity index (χ0v) is 21.4. The number of benzene rings is 1. The lowest BCUT2D eigenvalue weighted by molar-refractivity contribution is -0.141. The molecule has 3 heterocycles. The van der Waals surface area contributed by atoms with Crippen LogP contribution in [0.25, 0.3) is 10.9 Å². The fourth-order valence-corrected chi connectivity index (χ4v) is 5.64. The highest BCUT2D eigenvalue weighted by Crippen LogP contribution is 2.43. The van der Waals surface area contributed by atoms with E-state index in [1.807, 2.05) is 0 Å². The smallest absolute Gasteiger partial charge is 0.411 e. The predicted octanol–water partition coefficient (Wildman–Crippen LogP) is 2.49. The predicted molar refractivity (Wildman–Crippen MR) is 137 cm³/mol. The fraction of sp³-hybridized carbons (Fsp3) is 0.333. The van der Waals surface area contributed by atoms with Gasteiger partial charge in [-0.25, -0.2) is 9.78 Å². The van der Waals surface area contributed by atoms with Crippen LogP contribution in [0.3, 0.4) is 0 Å².